The molecule has 2 atom stereocenters. The molecule has 3 rings (SSSR count). The third-order valence-electron chi connectivity index (χ3n) is 5.18. The van der Waals surface area contributed by atoms with E-state index in [0.717, 1.165) is 18.7 Å². The highest BCUT2D eigenvalue weighted by atomic mass is 16.5. The van der Waals surface area contributed by atoms with Gasteiger partial charge in [0, 0.05) is 24.6 Å². The van der Waals surface area contributed by atoms with E-state index in [1.54, 1.807) is 4.68 Å². The van der Waals surface area contributed by atoms with Gasteiger partial charge in [-0.2, -0.15) is 5.10 Å². The second-order valence-corrected chi connectivity index (χ2v) is 6.28. The Morgan fingerprint density at radius 2 is 2.29 bits per heavy atom. The number of ether oxygens (including phenoxy) is 1. The van der Waals surface area contributed by atoms with Gasteiger partial charge in [-0.25, -0.2) is 0 Å². The van der Waals surface area contributed by atoms with Crippen LogP contribution in [0.15, 0.2) is 6.07 Å². The minimum absolute atomic E-state index is 0.00340. The second kappa shape index (κ2) is 5.44. The van der Waals surface area contributed by atoms with Crippen molar-refractivity contribution in [2.45, 2.75) is 65.1 Å². The zero-order valence-electron chi connectivity index (χ0n) is 13.2. The average molecular weight is 291 g/mol. The molecular weight excluding hydrogens is 266 g/mol. The van der Waals surface area contributed by atoms with Crippen LogP contribution in [0.5, 0.6) is 0 Å². The maximum absolute atomic E-state index is 12.5. The Morgan fingerprint density at radius 3 is 2.86 bits per heavy atom. The lowest BCUT2D eigenvalue weighted by atomic mass is 9.51. The van der Waals surface area contributed by atoms with Gasteiger partial charge in [-0.3, -0.25) is 9.48 Å². The van der Waals surface area contributed by atoms with Crippen molar-refractivity contribution in [3.8, 4) is 0 Å². The quantitative estimate of drug-likeness (QED) is 0.905. The number of amides is 1. The highest BCUT2D eigenvalue weighted by molar-refractivity contribution is 5.93. The van der Waals surface area contributed by atoms with Crippen molar-refractivity contribution in [3.05, 3.63) is 17.5 Å². The standard InChI is InChI=1S/C16H25N3O2/c1-4-19-12(9-11(3)18-19)15(20)17-13-10-14(21-5-2)16(13)7-6-8-16/h9,13-14H,4-8,10H2,1-3H3,(H,17,20)/t13-,14-/m1/s1. The first-order valence-corrected chi connectivity index (χ1v) is 8.07. The molecular formula is C16H25N3O2. The first-order valence-electron chi connectivity index (χ1n) is 8.07. The van der Waals surface area contributed by atoms with Gasteiger partial charge in [0.2, 0.25) is 0 Å². The average Bonchev–Trinajstić information content (AvgIpc) is 2.76. The van der Waals surface area contributed by atoms with Gasteiger partial charge < -0.3 is 10.1 Å². The van der Waals surface area contributed by atoms with Crippen LogP contribution in [0.1, 0.15) is 55.7 Å². The summed E-state index contributed by atoms with van der Waals surface area (Å²) in [6.45, 7) is 7.44. The van der Waals surface area contributed by atoms with Crippen molar-refractivity contribution >= 4 is 5.91 Å². The molecule has 1 heterocycles. The summed E-state index contributed by atoms with van der Waals surface area (Å²) in [5, 5.41) is 7.57. The van der Waals surface area contributed by atoms with Gasteiger partial charge in [-0.15, -0.1) is 0 Å². The molecule has 2 fully saturated rings. The van der Waals surface area contributed by atoms with E-state index in [1.165, 1.54) is 19.3 Å². The third-order valence-corrected chi connectivity index (χ3v) is 5.18. The summed E-state index contributed by atoms with van der Waals surface area (Å²) >= 11 is 0. The number of carbonyl (C=O) groups excluding carboxylic acids is 1. The van der Waals surface area contributed by atoms with E-state index >= 15 is 0 Å². The van der Waals surface area contributed by atoms with Gasteiger partial charge in [0.25, 0.3) is 5.91 Å². The molecule has 1 aromatic heterocycles. The van der Waals surface area contributed by atoms with Crippen molar-refractivity contribution in [2.24, 2.45) is 5.41 Å². The van der Waals surface area contributed by atoms with Crippen LogP contribution in [0.25, 0.3) is 0 Å². The van der Waals surface area contributed by atoms with Gasteiger partial charge in [-0.1, -0.05) is 6.42 Å². The van der Waals surface area contributed by atoms with E-state index < -0.39 is 0 Å². The fraction of sp³-hybridized carbons (Fsp3) is 0.750. The lowest BCUT2D eigenvalue weighted by molar-refractivity contribution is -0.169. The van der Waals surface area contributed by atoms with Gasteiger partial charge in [0.15, 0.2) is 0 Å². The van der Waals surface area contributed by atoms with E-state index in [9.17, 15) is 4.79 Å². The lowest BCUT2D eigenvalue weighted by Gasteiger charge is -2.60. The molecule has 2 aliphatic rings. The van der Waals surface area contributed by atoms with Crippen LogP contribution in [0.2, 0.25) is 0 Å². The van der Waals surface area contributed by atoms with E-state index in [0.29, 0.717) is 18.3 Å². The molecule has 0 unspecified atom stereocenters. The Labute approximate surface area is 126 Å². The SMILES string of the molecule is CCO[C@@H]1C[C@@H](NC(=O)c2cc(C)nn2CC)C12CCC2. The third kappa shape index (κ3) is 2.27. The minimum Gasteiger partial charge on any atom is -0.378 e. The summed E-state index contributed by atoms with van der Waals surface area (Å²) in [7, 11) is 0. The summed E-state index contributed by atoms with van der Waals surface area (Å²) in [4.78, 5) is 12.5. The molecule has 0 aromatic carbocycles. The van der Waals surface area contributed by atoms with Crippen molar-refractivity contribution in [3.63, 3.8) is 0 Å². The highest BCUT2D eigenvalue weighted by Crippen LogP contribution is 2.57. The largest absolute Gasteiger partial charge is 0.378 e. The second-order valence-electron chi connectivity index (χ2n) is 6.28. The van der Waals surface area contributed by atoms with Crippen LogP contribution in [0.4, 0.5) is 0 Å². The fourth-order valence-corrected chi connectivity index (χ4v) is 3.84. The molecule has 0 radical (unpaired) electrons. The predicted octanol–water partition coefficient (Wildman–Crippen LogP) is 2.29. The van der Waals surface area contributed by atoms with Crippen molar-refractivity contribution in [1.29, 1.82) is 0 Å². The first-order chi connectivity index (χ1) is 10.1. The number of aromatic nitrogens is 2. The van der Waals surface area contributed by atoms with Crippen LogP contribution in [-0.2, 0) is 11.3 Å². The van der Waals surface area contributed by atoms with Gasteiger partial charge in [0.1, 0.15) is 5.69 Å². The summed E-state index contributed by atoms with van der Waals surface area (Å²) in [6, 6.07) is 2.13. The normalized spacial score (nSPS) is 26.2. The minimum atomic E-state index is 0.00340. The number of aryl methyl sites for hydroxylation is 2. The van der Waals surface area contributed by atoms with Crippen molar-refractivity contribution in [2.75, 3.05) is 6.61 Å². The first kappa shape index (κ1) is 14.6. The molecule has 21 heavy (non-hydrogen) atoms. The lowest BCUT2D eigenvalue weighted by Crippen LogP contribution is -2.67. The molecule has 116 valence electrons. The maximum Gasteiger partial charge on any atom is 0.269 e. The number of rotatable bonds is 5. The van der Waals surface area contributed by atoms with Gasteiger partial charge in [0.05, 0.1) is 11.8 Å². The molecule has 2 saturated carbocycles. The predicted molar refractivity (Wildman–Crippen MR) is 80.2 cm³/mol. The molecule has 1 spiro atoms. The van der Waals surface area contributed by atoms with Crippen molar-refractivity contribution in [1.82, 2.24) is 15.1 Å². The Balaban J connectivity index is 1.68. The Hall–Kier alpha value is -1.36. The molecule has 1 aromatic rings. The van der Waals surface area contributed by atoms with Gasteiger partial charge >= 0.3 is 0 Å². The van der Waals surface area contributed by atoms with E-state index in [1.807, 2.05) is 26.8 Å². The fourth-order valence-electron chi connectivity index (χ4n) is 3.84. The Bertz CT molecular complexity index is 534. The van der Waals surface area contributed by atoms with Gasteiger partial charge in [-0.05, 0) is 46.1 Å². The summed E-state index contributed by atoms with van der Waals surface area (Å²) in [5.41, 5.74) is 1.77. The van der Waals surface area contributed by atoms with Crippen LogP contribution < -0.4 is 5.32 Å². The molecule has 0 bridgehead atoms. The molecule has 5 heteroatoms. The maximum atomic E-state index is 12.5. The molecule has 1 amide bonds. The molecule has 5 nitrogen and oxygen atoms in total. The number of hydrogen-bond acceptors (Lipinski definition) is 3. The smallest absolute Gasteiger partial charge is 0.269 e. The van der Waals surface area contributed by atoms with E-state index in [4.69, 9.17) is 4.74 Å². The number of hydrogen-bond donors (Lipinski definition) is 1. The summed E-state index contributed by atoms with van der Waals surface area (Å²) in [5.74, 6) is 0.00340. The Kier molecular flexibility index (Phi) is 3.78. The Morgan fingerprint density at radius 1 is 1.52 bits per heavy atom. The topological polar surface area (TPSA) is 56.1 Å². The monoisotopic (exact) mass is 291 g/mol. The number of nitrogens with one attached hydrogen (secondary N) is 1. The van der Waals surface area contributed by atoms with Crippen LogP contribution in [0.3, 0.4) is 0 Å². The molecule has 2 aliphatic carbocycles. The molecule has 0 aliphatic heterocycles. The zero-order chi connectivity index (χ0) is 15.0. The van der Waals surface area contributed by atoms with Crippen LogP contribution >= 0.6 is 0 Å². The van der Waals surface area contributed by atoms with Crippen molar-refractivity contribution < 1.29 is 9.53 Å². The van der Waals surface area contributed by atoms with E-state index in [2.05, 4.69) is 10.4 Å². The van der Waals surface area contributed by atoms with Crippen LogP contribution in [0, 0.1) is 12.3 Å². The van der Waals surface area contributed by atoms with Crippen LogP contribution in [-0.4, -0.2) is 34.4 Å². The number of carbonyl (C=O) groups is 1. The number of nitrogens with zero attached hydrogens (tertiary/aromatic N) is 2. The summed E-state index contributed by atoms with van der Waals surface area (Å²) in [6.07, 6.45) is 4.88. The van der Waals surface area contributed by atoms with E-state index in [-0.39, 0.29) is 17.4 Å². The molecule has 0 saturated heterocycles. The zero-order valence-corrected chi connectivity index (χ0v) is 13.2. The molecule has 1 N–H and O–H groups in total. The highest BCUT2D eigenvalue weighted by Gasteiger charge is 2.59. The summed E-state index contributed by atoms with van der Waals surface area (Å²) < 4.78 is 7.61.